The lowest BCUT2D eigenvalue weighted by molar-refractivity contribution is 0.246. The maximum absolute atomic E-state index is 13.7. The minimum absolute atomic E-state index is 0. The molecule has 0 radical (unpaired) electrons. The Morgan fingerprint density at radius 2 is 1.94 bits per heavy atom. The molecule has 0 spiro atoms. The number of rotatable bonds is 3. The molecule has 1 fully saturated rings. The average molecular weight is 277 g/mol. The Kier molecular flexibility index (Phi) is 5.50. The van der Waals surface area contributed by atoms with Crippen LogP contribution in [-0.4, -0.2) is 31.1 Å². The van der Waals surface area contributed by atoms with Crippen molar-refractivity contribution in [1.29, 1.82) is 0 Å². The first-order valence-corrected chi connectivity index (χ1v) is 5.98. The van der Waals surface area contributed by atoms with Crippen LogP contribution in [0, 0.1) is 11.6 Å². The number of nitrogens with zero attached hydrogens (tertiary/aromatic N) is 1. The Hall–Kier alpha value is -0.710. The molecule has 1 aliphatic heterocycles. The van der Waals surface area contributed by atoms with Gasteiger partial charge in [0.2, 0.25) is 0 Å². The third-order valence-electron chi connectivity index (χ3n) is 3.59. The predicted octanol–water partition coefficient (Wildman–Crippen LogP) is 2.74. The van der Waals surface area contributed by atoms with Crippen molar-refractivity contribution in [2.45, 2.75) is 25.4 Å². The van der Waals surface area contributed by atoms with Crippen LogP contribution in [0.5, 0.6) is 0 Å². The van der Waals surface area contributed by atoms with Crippen LogP contribution < -0.4 is 5.32 Å². The maximum atomic E-state index is 13.7. The van der Waals surface area contributed by atoms with E-state index in [1.165, 1.54) is 18.2 Å². The highest BCUT2D eigenvalue weighted by atomic mass is 35.5. The van der Waals surface area contributed by atoms with Crippen LogP contribution in [0.1, 0.15) is 24.9 Å². The minimum atomic E-state index is -0.453. The first-order chi connectivity index (χ1) is 8.13. The highest BCUT2D eigenvalue weighted by Crippen LogP contribution is 2.28. The number of likely N-dealkylation sites (tertiary alicyclic amines) is 1. The third-order valence-corrected chi connectivity index (χ3v) is 3.59. The van der Waals surface area contributed by atoms with E-state index < -0.39 is 11.6 Å². The van der Waals surface area contributed by atoms with Crippen molar-refractivity contribution in [2.75, 3.05) is 20.1 Å². The molecule has 1 aliphatic rings. The van der Waals surface area contributed by atoms with Gasteiger partial charge in [-0.3, -0.25) is 4.90 Å². The summed E-state index contributed by atoms with van der Waals surface area (Å²) in [6.45, 7) is 3.57. The largest absolute Gasteiger partial charge is 0.316 e. The standard InChI is InChI=1S/C13H18F2N2.ClH/c1-9(17-7-6-10(8-17)16-2)13-11(14)4-3-5-12(13)15;/h3-5,9-10,16H,6-8H2,1-2H3;1H. The molecule has 0 aliphatic carbocycles. The van der Waals surface area contributed by atoms with E-state index in [2.05, 4.69) is 10.2 Å². The Balaban J connectivity index is 0.00000162. The van der Waals surface area contributed by atoms with Crippen LogP contribution in [0.4, 0.5) is 8.78 Å². The number of hydrogen-bond acceptors (Lipinski definition) is 2. The lowest BCUT2D eigenvalue weighted by Crippen LogP contribution is -2.31. The summed E-state index contributed by atoms with van der Waals surface area (Å²) in [5, 5.41) is 3.20. The van der Waals surface area contributed by atoms with Crippen LogP contribution in [0.3, 0.4) is 0 Å². The van der Waals surface area contributed by atoms with E-state index in [0.29, 0.717) is 6.04 Å². The van der Waals surface area contributed by atoms with E-state index in [4.69, 9.17) is 0 Å². The van der Waals surface area contributed by atoms with Crippen LogP contribution in [0.25, 0.3) is 0 Å². The summed E-state index contributed by atoms with van der Waals surface area (Å²) in [6.07, 6.45) is 1.02. The highest BCUT2D eigenvalue weighted by molar-refractivity contribution is 5.85. The first-order valence-electron chi connectivity index (χ1n) is 5.98. The topological polar surface area (TPSA) is 15.3 Å². The van der Waals surface area contributed by atoms with Gasteiger partial charge in [0.15, 0.2) is 0 Å². The maximum Gasteiger partial charge on any atom is 0.130 e. The molecule has 0 bridgehead atoms. The molecular weight excluding hydrogens is 258 g/mol. The second-order valence-electron chi connectivity index (χ2n) is 4.58. The van der Waals surface area contributed by atoms with E-state index in [0.717, 1.165) is 19.5 Å². The predicted molar refractivity (Wildman–Crippen MR) is 71.1 cm³/mol. The van der Waals surface area contributed by atoms with Crippen LogP contribution >= 0.6 is 12.4 Å². The van der Waals surface area contributed by atoms with Crippen LogP contribution in [0.2, 0.25) is 0 Å². The molecule has 2 unspecified atom stereocenters. The van der Waals surface area contributed by atoms with Crippen molar-refractivity contribution >= 4 is 12.4 Å². The van der Waals surface area contributed by atoms with Crippen molar-refractivity contribution in [3.8, 4) is 0 Å². The second kappa shape index (κ2) is 6.45. The molecule has 5 heteroatoms. The molecule has 0 amide bonds. The minimum Gasteiger partial charge on any atom is -0.316 e. The molecule has 102 valence electrons. The van der Waals surface area contributed by atoms with Crippen molar-refractivity contribution in [3.05, 3.63) is 35.4 Å². The van der Waals surface area contributed by atoms with Gasteiger partial charge >= 0.3 is 0 Å². The van der Waals surface area contributed by atoms with Crippen molar-refractivity contribution < 1.29 is 8.78 Å². The highest BCUT2D eigenvalue weighted by Gasteiger charge is 2.28. The summed E-state index contributed by atoms with van der Waals surface area (Å²) >= 11 is 0. The molecule has 1 saturated heterocycles. The van der Waals surface area contributed by atoms with E-state index in [-0.39, 0.29) is 24.0 Å². The summed E-state index contributed by atoms with van der Waals surface area (Å²) in [5.41, 5.74) is 0.184. The summed E-state index contributed by atoms with van der Waals surface area (Å²) in [6, 6.07) is 4.25. The third kappa shape index (κ3) is 2.99. The summed E-state index contributed by atoms with van der Waals surface area (Å²) in [4.78, 5) is 2.11. The van der Waals surface area contributed by atoms with Gasteiger partial charge in [-0.05, 0) is 32.5 Å². The van der Waals surface area contributed by atoms with Gasteiger partial charge in [0.05, 0.1) is 0 Å². The number of hydrogen-bond donors (Lipinski definition) is 1. The monoisotopic (exact) mass is 276 g/mol. The zero-order valence-electron chi connectivity index (χ0n) is 10.6. The van der Waals surface area contributed by atoms with Gasteiger partial charge in [0.1, 0.15) is 11.6 Å². The van der Waals surface area contributed by atoms with Gasteiger partial charge in [-0.2, -0.15) is 0 Å². The lowest BCUT2D eigenvalue weighted by atomic mass is 10.1. The van der Waals surface area contributed by atoms with Gasteiger partial charge in [0.25, 0.3) is 0 Å². The molecule has 1 aromatic rings. The van der Waals surface area contributed by atoms with E-state index in [9.17, 15) is 8.78 Å². The molecule has 0 aromatic heterocycles. The van der Waals surface area contributed by atoms with E-state index in [1.807, 2.05) is 14.0 Å². The molecule has 2 atom stereocenters. The van der Waals surface area contributed by atoms with Crippen molar-refractivity contribution in [2.24, 2.45) is 0 Å². The average Bonchev–Trinajstić information content (AvgIpc) is 2.77. The lowest BCUT2D eigenvalue weighted by Gasteiger charge is -2.25. The number of likely N-dealkylation sites (N-methyl/N-ethyl adjacent to an activating group) is 1. The van der Waals surface area contributed by atoms with E-state index in [1.54, 1.807) is 0 Å². The van der Waals surface area contributed by atoms with Gasteiger partial charge < -0.3 is 5.32 Å². The Bertz CT molecular complexity index is 380. The molecule has 0 saturated carbocycles. The summed E-state index contributed by atoms with van der Waals surface area (Å²) in [5.74, 6) is -0.907. The second-order valence-corrected chi connectivity index (χ2v) is 4.58. The first kappa shape index (κ1) is 15.3. The molecule has 2 rings (SSSR count). The normalized spacial score (nSPS) is 21.7. The molecular formula is C13H19ClF2N2. The molecule has 1 heterocycles. The van der Waals surface area contributed by atoms with Gasteiger partial charge in [-0.1, -0.05) is 6.07 Å². The smallest absolute Gasteiger partial charge is 0.130 e. The fourth-order valence-corrected chi connectivity index (χ4v) is 2.47. The molecule has 18 heavy (non-hydrogen) atoms. The SMILES string of the molecule is CNC1CCN(C(C)c2c(F)cccc2F)C1.Cl. The zero-order valence-corrected chi connectivity index (χ0v) is 11.4. The van der Waals surface area contributed by atoms with Gasteiger partial charge in [0, 0.05) is 30.7 Å². The Morgan fingerprint density at radius 1 is 1.33 bits per heavy atom. The fraction of sp³-hybridized carbons (Fsp3) is 0.538. The Morgan fingerprint density at radius 3 is 2.44 bits per heavy atom. The van der Waals surface area contributed by atoms with Gasteiger partial charge in [-0.25, -0.2) is 8.78 Å². The summed E-state index contributed by atoms with van der Waals surface area (Å²) in [7, 11) is 1.92. The molecule has 1 aromatic carbocycles. The van der Waals surface area contributed by atoms with E-state index >= 15 is 0 Å². The molecule has 2 nitrogen and oxygen atoms in total. The van der Waals surface area contributed by atoms with Crippen molar-refractivity contribution in [1.82, 2.24) is 10.2 Å². The molecule has 1 N–H and O–H groups in total. The Labute approximate surface area is 113 Å². The summed E-state index contributed by atoms with van der Waals surface area (Å²) < 4.78 is 27.3. The van der Waals surface area contributed by atoms with Crippen LogP contribution in [0.15, 0.2) is 18.2 Å². The number of benzene rings is 1. The van der Waals surface area contributed by atoms with Gasteiger partial charge in [-0.15, -0.1) is 12.4 Å². The van der Waals surface area contributed by atoms with Crippen LogP contribution in [-0.2, 0) is 0 Å². The van der Waals surface area contributed by atoms with Crippen molar-refractivity contribution in [3.63, 3.8) is 0 Å². The quantitative estimate of drug-likeness (QED) is 0.913. The zero-order chi connectivity index (χ0) is 12.4. The number of nitrogens with one attached hydrogen (secondary N) is 1. The number of halogens is 3. The fourth-order valence-electron chi connectivity index (χ4n) is 2.47.